The molecular weight excluding hydrogens is 331 g/mol. The summed E-state index contributed by atoms with van der Waals surface area (Å²) in [5.41, 5.74) is 0.182. The molecule has 1 aromatic carbocycles. The molecule has 0 radical (unpaired) electrons. The number of carbonyl (C=O) groups is 1. The van der Waals surface area contributed by atoms with Crippen molar-refractivity contribution in [2.45, 2.75) is 24.5 Å². The molecule has 3 saturated heterocycles. The van der Waals surface area contributed by atoms with Crippen LogP contribution in [0.15, 0.2) is 18.2 Å². The molecule has 1 amide bonds. The fraction of sp³-hybridized carbons (Fsp3) is 0.611. The molecule has 1 aromatic rings. The Labute approximate surface area is 146 Å². The summed E-state index contributed by atoms with van der Waals surface area (Å²) >= 11 is 6.07. The number of hydrogen-bond acceptors (Lipinski definition) is 3. The van der Waals surface area contributed by atoms with Crippen molar-refractivity contribution in [1.82, 2.24) is 9.80 Å². The molecule has 0 aliphatic carbocycles. The van der Waals surface area contributed by atoms with Gasteiger partial charge in [-0.1, -0.05) is 11.6 Å². The first-order valence-electron chi connectivity index (χ1n) is 8.46. The number of fused-ring (bicyclic) bond motifs is 1. The molecule has 0 N–H and O–H groups in total. The maximum Gasteiger partial charge on any atom is 0.255 e. The summed E-state index contributed by atoms with van der Waals surface area (Å²) in [7, 11) is 4.16. The van der Waals surface area contributed by atoms with Gasteiger partial charge in [0.15, 0.2) is 0 Å². The van der Waals surface area contributed by atoms with Crippen molar-refractivity contribution < 1.29 is 13.9 Å². The van der Waals surface area contributed by atoms with Gasteiger partial charge in [-0.25, -0.2) is 4.39 Å². The van der Waals surface area contributed by atoms with Crippen LogP contribution in [0.1, 0.15) is 23.2 Å². The first-order chi connectivity index (χ1) is 11.4. The van der Waals surface area contributed by atoms with Crippen molar-refractivity contribution in [3.8, 4) is 0 Å². The molecule has 1 spiro atoms. The van der Waals surface area contributed by atoms with Crippen LogP contribution in [0, 0.1) is 17.7 Å². The molecule has 0 aromatic heterocycles. The Morgan fingerprint density at radius 1 is 1.50 bits per heavy atom. The molecule has 2 bridgehead atoms. The quantitative estimate of drug-likeness (QED) is 0.838. The van der Waals surface area contributed by atoms with E-state index in [1.165, 1.54) is 18.2 Å². The van der Waals surface area contributed by atoms with Crippen molar-refractivity contribution >= 4 is 17.5 Å². The van der Waals surface area contributed by atoms with Crippen LogP contribution in [0.2, 0.25) is 5.02 Å². The number of nitrogens with zero attached hydrogens (tertiary/aromatic N) is 2. The summed E-state index contributed by atoms with van der Waals surface area (Å²) in [5, 5.41) is 0.171. The smallest absolute Gasteiger partial charge is 0.255 e. The Hall–Kier alpha value is -1.17. The van der Waals surface area contributed by atoms with E-state index >= 15 is 0 Å². The molecule has 4 atom stereocenters. The van der Waals surface area contributed by atoms with Gasteiger partial charge in [0.05, 0.1) is 28.8 Å². The van der Waals surface area contributed by atoms with Gasteiger partial charge in [0.25, 0.3) is 5.91 Å². The van der Waals surface area contributed by atoms with E-state index in [0.717, 1.165) is 19.4 Å². The van der Waals surface area contributed by atoms with Crippen LogP contribution in [0.25, 0.3) is 0 Å². The monoisotopic (exact) mass is 352 g/mol. The van der Waals surface area contributed by atoms with Crippen LogP contribution in [-0.2, 0) is 4.74 Å². The van der Waals surface area contributed by atoms with Crippen LogP contribution >= 0.6 is 11.6 Å². The second kappa shape index (κ2) is 5.68. The lowest BCUT2D eigenvalue weighted by Crippen LogP contribution is -2.40. The number of benzene rings is 1. The summed E-state index contributed by atoms with van der Waals surface area (Å²) in [5.74, 6) is 0.290. The summed E-state index contributed by atoms with van der Waals surface area (Å²) in [6, 6.07) is 3.95. The minimum atomic E-state index is -0.429. The summed E-state index contributed by atoms with van der Waals surface area (Å²) < 4.78 is 19.6. The Bertz CT molecular complexity index is 683. The molecule has 4 nitrogen and oxygen atoms in total. The van der Waals surface area contributed by atoms with Crippen molar-refractivity contribution in [2.75, 3.05) is 33.7 Å². The highest BCUT2D eigenvalue weighted by molar-refractivity contribution is 6.33. The lowest BCUT2D eigenvalue weighted by Gasteiger charge is -2.30. The van der Waals surface area contributed by atoms with Crippen LogP contribution in [0.3, 0.4) is 0 Å². The molecule has 0 unspecified atom stereocenters. The maximum atomic E-state index is 13.2. The minimum Gasteiger partial charge on any atom is -0.369 e. The van der Waals surface area contributed by atoms with E-state index < -0.39 is 5.82 Å². The number of rotatable bonds is 3. The summed E-state index contributed by atoms with van der Waals surface area (Å²) in [6.07, 6.45) is 2.42. The van der Waals surface area contributed by atoms with Crippen LogP contribution < -0.4 is 0 Å². The summed E-state index contributed by atoms with van der Waals surface area (Å²) in [6.45, 7) is 2.29. The molecule has 3 aliphatic heterocycles. The molecule has 4 rings (SSSR count). The third-order valence-corrected chi connectivity index (χ3v) is 6.12. The van der Waals surface area contributed by atoms with E-state index in [9.17, 15) is 9.18 Å². The molecular formula is C18H22ClFN2O2. The normalized spacial score (nSPS) is 34.2. The van der Waals surface area contributed by atoms with E-state index in [1.807, 2.05) is 4.90 Å². The van der Waals surface area contributed by atoms with Gasteiger partial charge in [0.1, 0.15) is 5.82 Å². The number of ether oxygens (including phenoxy) is 1. The van der Waals surface area contributed by atoms with Gasteiger partial charge >= 0.3 is 0 Å². The van der Waals surface area contributed by atoms with Crippen molar-refractivity contribution in [2.24, 2.45) is 11.8 Å². The minimum absolute atomic E-state index is 0.126. The molecule has 24 heavy (non-hydrogen) atoms. The molecule has 130 valence electrons. The highest BCUT2D eigenvalue weighted by Gasteiger charge is 2.63. The number of hydrogen-bond donors (Lipinski definition) is 0. The fourth-order valence-electron chi connectivity index (χ4n) is 4.84. The second-order valence-electron chi connectivity index (χ2n) is 7.60. The standard InChI is InChI=1S/C18H22ClFN2O2/c1-21(2)8-13-14-9-22(10-18(14)6-5-16(13)24-18)17(23)12-4-3-11(20)7-15(12)19/h3-4,7,13-14,16H,5-6,8-10H2,1-2H3/t13-,14+,16+,18+/m0/s1. The average molecular weight is 353 g/mol. The van der Waals surface area contributed by atoms with Crippen LogP contribution in [0.4, 0.5) is 4.39 Å². The Balaban J connectivity index is 1.56. The molecule has 3 heterocycles. The van der Waals surface area contributed by atoms with Crippen LogP contribution in [0.5, 0.6) is 0 Å². The Morgan fingerprint density at radius 3 is 3.00 bits per heavy atom. The second-order valence-corrected chi connectivity index (χ2v) is 8.01. The van der Waals surface area contributed by atoms with Gasteiger partial charge in [-0.3, -0.25) is 4.79 Å². The Morgan fingerprint density at radius 2 is 2.29 bits per heavy atom. The van der Waals surface area contributed by atoms with E-state index in [-0.39, 0.29) is 16.5 Å². The molecule has 0 saturated carbocycles. The zero-order valence-corrected chi connectivity index (χ0v) is 14.7. The fourth-order valence-corrected chi connectivity index (χ4v) is 5.09. The lowest BCUT2D eigenvalue weighted by molar-refractivity contribution is 0.00256. The van der Waals surface area contributed by atoms with E-state index in [0.29, 0.717) is 36.6 Å². The Kier molecular flexibility index (Phi) is 3.86. The first kappa shape index (κ1) is 16.3. The van der Waals surface area contributed by atoms with Gasteiger partial charge in [-0.2, -0.15) is 0 Å². The van der Waals surface area contributed by atoms with E-state index in [2.05, 4.69) is 19.0 Å². The number of carbonyl (C=O) groups excluding carboxylic acids is 1. The van der Waals surface area contributed by atoms with Gasteiger partial charge < -0.3 is 14.5 Å². The zero-order chi connectivity index (χ0) is 17.1. The topological polar surface area (TPSA) is 32.8 Å². The van der Waals surface area contributed by atoms with Crippen molar-refractivity contribution in [3.05, 3.63) is 34.6 Å². The van der Waals surface area contributed by atoms with Gasteiger partial charge in [-0.05, 0) is 45.1 Å². The van der Waals surface area contributed by atoms with Gasteiger partial charge in [0, 0.05) is 24.9 Å². The number of amides is 1. The van der Waals surface area contributed by atoms with Crippen LogP contribution in [-0.4, -0.2) is 61.1 Å². The van der Waals surface area contributed by atoms with Gasteiger partial charge in [-0.15, -0.1) is 0 Å². The van der Waals surface area contributed by atoms with Gasteiger partial charge in [0.2, 0.25) is 0 Å². The maximum absolute atomic E-state index is 13.2. The summed E-state index contributed by atoms with van der Waals surface area (Å²) in [4.78, 5) is 16.9. The third kappa shape index (κ3) is 2.45. The zero-order valence-electron chi connectivity index (χ0n) is 14.0. The lowest BCUT2D eigenvalue weighted by atomic mass is 9.73. The largest absolute Gasteiger partial charge is 0.369 e. The van der Waals surface area contributed by atoms with E-state index in [4.69, 9.17) is 16.3 Å². The molecule has 6 heteroatoms. The van der Waals surface area contributed by atoms with E-state index in [1.54, 1.807) is 0 Å². The first-order valence-corrected chi connectivity index (χ1v) is 8.84. The van der Waals surface area contributed by atoms with Crippen molar-refractivity contribution in [3.63, 3.8) is 0 Å². The number of halogens is 2. The molecule has 3 fully saturated rings. The van der Waals surface area contributed by atoms with Crippen molar-refractivity contribution in [1.29, 1.82) is 0 Å². The number of likely N-dealkylation sites (tertiary alicyclic amines) is 1. The highest BCUT2D eigenvalue weighted by atomic mass is 35.5. The molecule has 3 aliphatic rings. The third-order valence-electron chi connectivity index (χ3n) is 5.81. The SMILES string of the molecule is CN(C)C[C@H]1[C@H]2CN(C(=O)c3ccc(F)cc3Cl)C[C@]23CC[C@H]1O3. The predicted molar refractivity (Wildman–Crippen MR) is 89.7 cm³/mol. The predicted octanol–water partition coefficient (Wildman–Crippen LogP) is 2.66. The average Bonchev–Trinajstić information content (AvgIpc) is 3.16. The highest BCUT2D eigenvalue weighted by Crippen LogP contribution is 2.55.